The monoisotopic (exact) mass is 307 g/mol. The van der Waals surface area contributed by atoms with Crippen LogP contribution < -0.4 is 10.6 Å². The number of benzene rings is 1. The molecule has 3 aromatic rings. The maximum atomic E-state index is 11.9. The van der Waals surface area contributed by atoms with Crippen molar-refractivity contribution in [2.45, 2.75) is 12.8 Å². The third-order valence-electron chi connectivity index (χ3n) is 3.56. The van der Waals surface area contributed by atoms with Crippen molar-refractivity contribution in [1.29, 1.82) is 0 Å². The lowest BCUT2D eigenvalue weighted by Crippen LogP contribution is -2.19. The van der Waals surface area contributed by atoms with Gasteiger partial charge in [-0.3, -0.25) is 5.32 Å². The number of nitrogens with zero attached hydrogens (tertiary/aromatic N) is 2. The Bertz CT molecular complexity index is 753. The maximum Gasteiger partial charge on any atom is 0.324 e. The van der Waals surface area contributed by atoms with Crippen molar-refractivity contribution in [2.24, 2.45) is 0 Å². The number of carbonyl (C=O) groups excluding carboxylic acids is 1. The molecule has 0 saturated carbocycles. The van der Waals surface area contributed by atoms with E-state index in [1.807, 2.05) is 36.5 Å². The summed E-state index contributed by atoms with van der Waals surface area (Å²) in [5.74, 6) is 0.725. The number of aromatic nitrogens is 3. The number of imidazole rings is 1. The zero-order chi connectivity index (χ0) is 16.1. The minimum absolute atomic E-state index is 0.217. The van der Waals surface area contributed by atoms with Crippen LogP contribution >= 0.6 is 0 Å². The molecule has 0 spiro atoms. The Morgan fingerprint density at radius 1 is 1.13 bits per heavy atom. The first-order valence-corrected chi connectivity index (χ1v) is 7.29. The van der Waals surface area contributed by atoms with Gasteiger partial charge in [-0.15, -0.1) is 0 Å². The van der Waals surface area contributed by atoms with E-state index in [0.29, 0.717) is 5.82 Å². The first-order valence-electron chi connectivity index (χ1n) is 7.29. The van der Waals surface area contributed by atoms with Crippen LogP contribution in [0.4, 0.5) is 16.3 Å². The van der Waals surface area contributed by atoms with Gasteiger partial charge in [0.25, 0.3) is 0 Å². The van der Waals surface area contributed by atoms with Gasteiger partial charge in [-0.2, -0.15) is 0 Å². The van der Waals surface area contributed by atoms with Crippen LogP contribution in [-0.4, -0.2) is 21.0 Å². The van der Waals surface area contributed by atoms with E-state index in [1.54, 1.807) is 24.7 Å². The predicted octanol–water partition coefficient (Wildman–Crippen LogP) is 3.60. The van der Waals surface area contributed by atoms with Crippen LogP contribution in [0.2, 0.25) is 0 Å². The van der Waals surface area contributed by atoms with Gasteiger partial charge in [0.05, 0.1) is 6.33 Å². The maximum absolute atomic E-state index is 11.9. The quantitative estimate of drug-likeness (QED) is 0.688. The molecule has 0 aliphatic rings. The molecule has 0 bridgehead atoms. The SMILES string of the molecule is C[C@H](c1ccc(NC(=O)Nc2ccccn2)cc1)c1cnc[nH]1. The fourth-order valence-electron chi connectivity index (χ4n) is 2.25. The molecule has 3 rings (SSSR count). The number of anilines is 2. The Balaban J connectivity index is 1.62. The number of hydrogen-bond donors (Lipinski definition) is 3. The van der Waals surface area contributed by atoms with E-state index < -0.39 is 0 Å². The number of hydrogen-bond acceptors (Lipinski definition) is 3. The number of amides is 2. The molecular weight excluding hydrogens is 290 g/mol. The number of pyridine rings is 1. The van der Waals surface area contributed by atoms with Gasteiger partial charge in [-0.1, -0.05) is 25.1 Å². The van der Waals surface area contributed by atoms with Crippen molar-refractivity contribution in [3.8, 4) is 0 Å². The molecule has 0 saturated heterocycles. The summed E-state index contributed by atoms with van der Waals surface area (Å²) in [7, 11) is 0. The summed E-state index contributed by atoms with van der Waals surface area (Å²) in [4.78, 5) is 23.1. The van der Waals surface area contributed by atoms with Crippen LogP contribution in [0.25, 0.3) is 0 Å². The fraction of sp³-hybridized carbons (Fsp3) is 0.118. The number of urea groups is 1. The summed E-state index contributed by atoms with van der Waals surface area (Å²) in [5.41, 5.74) is 2.92. The van der Waals surface area contributed by atoms with Crippen LogP contribution in [0.5, 0.6) is 0 Å². The van der Waals surface area contributed by atoms with E-state index >= 15 is 0 Å². The third kappa shape index (κ3) is 3.74. The van der Waals surface area contributed by atoms with Crippen molar-refractivity contribution in [3.63, 3.8) is 0 Å². The average molecular weight is 307 g/mol. The van der Waals surface area contributed by atoms with Crippen molar-refractivity contribution in [3.05, 3.63) is 72.4 Å². The summed E-state index contributed by atoms with van der Waals surface area (Å²) >= 11 is 0. The van der Waals surface area contributed by atoms with Gasteiger partial charge < -0.3 is 10.3 Å². The lowest BCUT2D eigenvalue weighted by atomic mass is 9.98. The van der Waals surface area contributed by atoms with E-state index in [4.69, 9.17) is 0 Å². The highest BCUT2D eigenvalue weighted by Crippen LogP contribution is 2.23. The molecule has 2 heterocycles. The summed E-state index contributed by atoms with van der Waals surface area (Å²) in [5, 5.41) is 5.46. The fourth-order valence-corrected chi connectivity index (χ4v) is 2.25. The summed E-state index contributed by atoms with van der Waals surface area (Å²) in [6.07, 6.45) is 5.11. The lowest BCUT2D eigenvalue weighted by molar-refractivity contribution is 0.262. The van der Waals surface area contributed by atoms with Crippen LogP contribution in [0.15, 0.2) is 61.2 Å². The smallest absolute Gasteiger partial charge is 0.324 e. The van der Waals surface area contributed by atoms with Crippen molar-refractivity contribution in [1.82, 2.24) is 15.0 Å². The average Bonchev–Trinajstić information content (AvgIpc) is 3.10. The molecular formula is C17H17N5O. The molecule has 6 heteroatoms. The minimum Gasteiger partial charge on any atom is -0.348 e. The van der Waals surface area contributed by atoms with Gasteiger partial charge in [0.15, 0.2) is 0 Å². The first kappa shape index (κ1) is 14.8. The Morgan fingerprint density at radius 2 is 1.96 bits per heavy atom. The highest BCUT2D eigenvalue weighted by atomic mass is 16.2. The summed E-state index contributed by atoms with van der Waals surface area (Å²) < 4.78 is 0. The third-order valence-corrected chi connectivity index (χ3v) is 3.56. The van der Waals surface area contributed by atoms with E-state index in [9.17, 15) is 4.79 Å². The molecule has 1 aromatic carbocycles. The molecule has 0 aliphatic heterocycles. The topological polar surface area (TPSA) is 82.7 Å². The van der Waals surface area contributed by atoms with Crippen LogP contribution in [0, 0.1) is 0 Å². The molecule has 0 radical (unpaired) electrons. The van der Waals surface area contributed by atoms with Crippen molar-refractivity contribution >= 4 is 17.5 Å². The van der Waals surface area contributed by atoms with Crippen LogP contribution in [-0.2, 0) is 0 Å². The molecule has 2 aromatic heterocycles. The lowest BCUT2D eigenvalue weighted by Gasteiger charge is -2.11. The summed E-state index contributed by atoms with van der Waals surface area (Å²) in [6.45, 7) is 2.10. The van der Waals surface area contributed by atoms with Crippen molar-refractivity contribution < 1.29 is 4.79 Å². The normalized spacial score (nSPS) is 11.7. The van der Waals surface area contributed by atoms with E-state index in [2.05, 4.69) is 32.5 Å². The molecule has 23 heavy (non-hydrogen) atoms. The Kier molecular flexibility index (Phi) is 4.33. The van der Waals surface area contributed by atoms with Crippen LogP contribution in [0.3, 0.4) is 0 Å². The largest absolute Gasteiger partial charge is 0.348 e. The molecule has 0 aliphatic carbocycles. The number of rotatable bonds is 4. The van der Waals surface area contributed by atoms with Gasteiger partial charge in [0, 0.05) is 29.7 Å². The second-order valence-corrected chi connectivity index (χ2v) is 5.14. The Hall–Kier alpha value is -3.15. The van der Waals surface area contributed by atoms with Gasteiger partial charge in [-0.05, 0) is 29.8 Å². The molecule has 6 nitrogen and oxygen atoms in total. The highest BCUT2D eigenvalue weighted by Gasteiger charge is 2.10. The van der Waals surface area contributed by atoms with Crippen LogP contribution in [0.1, 0.15) is 24.1 Å². The molecule has 0 fully saturated rings. The standard InChI is InChI=1S/C17H17N5O/c1-12(15-10-18-11-20-15)13-5-7-14(8-6-13)21-17(23)22-16-4-2-3-9-19-16/h2-12H,1H3,(H,18,20)(H2,19,21,22,23)/t12-/m1/s1. The molecule has 0 unspecified atom stereocenters. The number of nitrogens with one attached hydrogen (secondary N) is 3. The van der Waals surface area contributed by atoms with E-state index in [0.717, 1.165) is 16.9 Å². The first-order chi connectivity index (χ1) is 11.2. The second kappa shape index (κ2) is 6.74. The van der Waals surface area contributed by atoms with E-state index in [1.165, 1.54) is 0 Å². The Labute approximate surface area is 134 Å². The highest BCUT2D eigenvalue weighted by molar-refractivity contribution is 5.99. The van der Waals surface area contributed by atoms with Gasteiger partial charge >= 0.3 is 6.03 Å². The van der Waals surface area contributed by atoms with Crippen molar-refractivity contribution in [2.75, 3.05) is 10.6 Å². The number of H-pyrrole nitrogens is 1. The van der Waals surface area contributed by atoms with Gasteiger partial charge in [0.2, 0.25) is 0 Å². The predicted molar refractivity (Wildman–Crippen MR) is 89.4 cm³/mol. The molecule has 3 N–H and O–H groups in total. The Morgan fingerprint density at radius 3 is 2.61 bits per heavy atom. The summed E-state index contributed by atoms with van der Waals surface area (Å²) in [6, 6.07) is 12.7. The van der Waals surface area contributed by atoms with E-state index in [-0.39, 0.29) is 11.9 Å². The minimum atomic E-state index is -0.321. The zero-order valence-corrected chi connectivity index (χ0v) is 12.7. The van der Waals surface area contributed by atoms with Gasteiger partial charge in [0.1, 0.15) is 5.82 Å². The zero-order valence-electron chi connectivity index (χ0n) is 12.7. The second-order valence-electron chi connectivity index (χ2n) is 5.14. The molecule has 116 valence electrons. The van der Waals surface area contributed by atoms with Gasteiger partial charge in [-0.25, -0.2) is 14.8 Å². The number of carbonyl (C=O) groups is 1. The molecule has 1 atom stereocenters. The number of aromatic amines is 1. The molecule has 2 amide bonds.